The van der Waals surface area contributed by atoms with Crippen LogP contribution in [0.1, 0.15) is 139 Å². The van der Waals surface area contributed by atoms with Gasteiger partial charge in [-0.15, -0.1) is 94.1 Å². The van der Waals surface area contributed by atoms with E-state index in [1.165, 1.54) is 151 Å². The van der Waals surface area contributed by atoms with Crippen molar-refractivity contribution in [2.24, 2.45) is 0 Å². The van der Waals surface area contributed by atoms with E-state index >= 15 is 0 Å². The average molecular weight is 1980 g/mol. The van der Waals surface area contributed by atoms with Crippen molar-refractivity contribution >= 4 is 140 Å². The Labute approximate surface area is 843 Å². The van der Waals surface area contributed by atoms with Crippen LogP contribution in [0.25, 0.3) is 0 Å². The molecule has 24 heteroatoms. The topological polar surface area (TPSA) is 144 Å². The normalized spacial score (nSPS) is 12.9. The van der Waals surface area contributed by atoms with Crippen molar-refractivity contribution in [3.05, 3.63) is 281 Å². The van der Waals surface area contributed by atoms with Crippen LogP contribution in [-0.4, -0.2) is 124 Å². The van der Waals surface area contributed by atoms with Crippen LogP contribution in [0.3, 0.4) is 0 Å². The Bertz CT molecular complexity index is 5920. The number of anilines is 8. The first-order chi connectivity index (χ1) is 65.4. The highest BCUT2D eigenvalue weighted by Gasteiger charge is 2.34. The molecule has 0 saturated carbocycles. The van der Waals surface area contributed by atoms with E-state index in [1.54, 1.807) is 107 Å². The fraction of sp³-hybridized carbons (Fsp3) is 0.357. The number of benzene rings is 12. The van der Waals surface area contributed by atoms with Gasteiger partial charge in [0.15, 0.2) is 26.9 Å². The summed E-state index contributed by atoms with van der Waals surface area (Å²) in [6, 6.07) is 58.3. The summed E-state index contributed by atoms with van der Waals surface area (Å²) in [4.78, 5) is 29.0. The van der Waals surface area contributed by atoms with E-state index in [0.717, 1.165) is 120 Å². The zero-order valence-corrected chi connectivity index (χ0v) is 90.3. The van der Waals surface area contributed by atoms with Crippen molar-refractivity contribution in [1.29, 1.82) is 0 Å². The summed E-state index contributed by atoms with van der Waals surface area (Å²) in [6.07, 6.45) is 17.2. The van der Waals surface area contributed by atoms with Crippen LogP contribution in [0.2, 0.25) is 0 Å². The molecule has 0 saturated heterocycles. The number of phenols is 4. The van der Waals surface area contributed by atoms with E-state index in [0.29, 0.717) is 76.1 Å². The maximum absolute atomic E-state index is 10.5. The molecule has 0 aromatic heterocycles. The third-order valence-corrected chi connectivity index (χ3v) is 31.7. The molecule has 0 aliphatic carbocycles. The summed E-state index contributed by atoms with van der Waals surface area (Å²) < 4.78 is 24.7. The van der Waals surface area contributed by atoms with E-state index in [-0.39, 0.29) is 0 Å². The lowest BCUT2D eigenvalue weighted by molar-refractivity contribution is 0.285. The highest BCUT2D eigenvalue weighted by atomic mass is 32.2. The Morgan fingerprint density at radius 2 is 0.515 bits per heavy atom. The van der Waals surface area contributed by atoms with Crippen LogP contribution in [0.4, 0.5) is 45.5 Å². The van der Waals surface area contributed by atoms with E-state index in [4.69, 9.17) is 18.9 Å². The molecule has 0 amide bonds. The third-order valence-electron chi connectivity index (χ3n) is 25.6. The number of thioether (sulfide) groups is 8. The molecule has 4 aliphatic rings. The molecular formula is C112H136N8O8S8. The number of aryl methyl sites for hydroxylation is 10. The molecular weight excluding hydrogens is 1840 g/mol. The second kappa shape index (κ2) is 47.3. The smallest absolute Gasteiger partial charge is 0.161 e. The minimum Gasteiger partial charge on any atom is -0.508 e. The molecule has 4 N–H and O–H groups in total. The average Bonchev–Trinajstić information content (AvgIpc) is 0.761. The number of rotatable bonds is 28. The SMILES string of the molecule is CCN(Cc1cc(C)ccc1O)c1c(C)cc(SC)c(N(CC)Cc2cc(C)ccc2O)c1SC.CCN(Cc1cc(C)ccc1O)c1c(SC)cc(SC)c(N(CC)Cc2cc(C)ccc2O)c1C.CSc1cc(C)c(N2COc3ccc(C)cc3C2)c(SC)c1N1COc2ccc(C)cc2C1.CSc1cc(SC)c(N2COc3ccc(C)cc3C2)c(C)c1N1COc2ccc(C)cc2C1. The van der Waals surface area contributed by atoms with Crippen LogP contribution in [0.5, 0.6) is 46.0 Å². The standard InChI is InChI=1S/2C29H38N2O2S2.2C27H30N2O2S2/c1-8-30(17-22-14-19(3)10-12-24(22)32)28-21(5)29(27(35-7)16-26(28)34-6)31(9-2)18-23-15-20(4)11-13-25(23)33;1-8-30(17-22-14-19(3)10-12-24(22)32)27-21(5)16-26(34-6)28(29(27)35-7)31(9-2)18-23-15-20(4)11-13-25(23)33;1-17-6-8-22-20(10-17)13-28(15-30-22)26-19(3)27(25(33-5)12-24(26)32-4)29-14-21-11-18(2)7-9-23(21)31-16-29;1-17-6-8-22-20(10-17)13-28(15-30-22)25-19(3)12-24(32-4)26(27(25)33-5)29-14-21-11-18(2)7-9-23(21)31-16-29/h2*10-16,32-33H,8-9,17-18H2,1-7H3;2*6-12H,13-16H2,1-5H3. The van der Waals surface area contributed by atoms with Gasteiger partial charge < -0.3 is 78.6 Å². The molecule has 4 aliphatic heterocycles. The van der Waals surface area contributed by atoms with Crippen LogP contribution in [0, 0.1) is 83.1 Å². The molecule has 0 bridgehead atoms. The van der Waals surface area contributed by atoms with Crippen molar-refractivity contribution in [1.82, 2.24) is 0 Å². The molecule has 136 heavy (non-hydrogen) atoms. The molecule has 12 aromatic carbocycles. The van der Waals surface area contributed by atoms with Gasteiger partial charge in [0, 0.05) is 152 Å². The van der Waals surface area contributed by atoms with Gasteiger partial charge >= 0.3 is 0 Å². The lowest BCUT2D eigenvalue weighted by Gasteiger charge is -2.37. The van der Waals surface area contributed by atoms with E-state index in [1.807, 2.05) is 36.0 Å². The van der Waals surface area contributed by atoms with Gasteiger partial charge in [0.25, 0.3) is 0 Å². The second-order valence-corrected chi connectivity index (χ2v) is 42.1. The molecule has 16 rings (SSSR count). The van der Waals surface area contributed by atoms with Gasteiger partial charge in [0.2, 0.25) is 0 Å². The van der Waals surface area contributed by atoms with Crippen LogP contribution >= 0.6 is 94.1 Å². The number of aromatic hydroxyl groups is 4. The van der Waals surface area contributed by atoms with Crippen molar-refractivity contribution in [3.8, 4) is 46.0 Å². The summed E-state index contributed by atoms with van der Waals surface area (Å²) in [5.74, 6) is 5.34. The summed E-state index contributed by atoms with van der Waals surface area (Å²) in [5, 5.41) is 42.1. The van der Waals surface area contributed by atoms with Gasteiger partial charge in [0.05, 0.1) is 55.3 Å². The number of hydrogen-bond acceptors (Lipinski definition) is 24. The fourth-order valence-electron chi connectivity index (χ4n) is 18.9. The lowest BCUT2D eigenvalue weighted by Crippen LogP contribution is -2.35. The molecule has 0 atom stereocenters. The molecule has 4 heterocycles. The van der Waals surface area contributed by atoms with Crippen molar-refractivity contribution in [2.45, 2.75) is 202 Å². The predicted octanol–water partition coefficient (Wildman–Crippen LogP) is 28.6. The Morgan fingerprint density at radius 1 is 0.257 bits per heavy atom. The van der Waals surface area contributed by atoms with Gasteiger partial charge in [-0.25, -0.2) is 0 Å². The first-order valence-electron chi connectivity index (χ1n) is 46.5. The number of fused-ring (bicyclic) bond motifs is 4. The summed E-state index contributed by atoms with van der Waals surface area (Å²) >= 11 is 14.3. The van der Waals surface area contributed by atoms with Gasteiger partial charge in [-0.3, -0.25) is 0 Å². The third kappa shape index (κ3) is 23.7. The van der Waals surface area contributed by atoms with Gasteiger partial charge in [-0.2, -0.15) is 0 Å². The van der Waals surface area contributed by atoms with E-state index in [9.17, 15) is 20.4 Å². The molecule has 16 nitrogen and oxygen atoms in total. The number of phenolic OH excluding ortho intramolecular Hbond substituents is 4. The van der Waals surface area contributed by atoms with Gasteiger partial charge in [-0.1, -0.05) is 142 Å². The monoisotopic (exact) mass is 1980 g/mol. The molecule has 720 valence electrons. The van der Waals surface area contributed by atoms with Crippen molar-refractivity contribution in [2.75, 3.05) is 142 Å². The molecule has 0 unspecified atom stereocenters. The maximum Gasteiger partial charge on any atom is 0.161 e. The maximum atomic E-state index is 10.5. The van der Waals surface area contributed by atoms with Crippen LogP contribution in [0.15, 0.2) is 209 Å². The summed E-state index contributed by atoms with van der Waals surface area (Å²) in [7, 11) is 0. The zero-order chi connectivity index (χ0) is 97.6. The molecule has 12 aromatic rings. The highest BCUT2D eigenvalue weighted by Crippen LogP contribution is 2.53. The van der Waals surface area contributed by atoms with Crippen LogP contribution < -0.4 is 58.1 Å². The highest BCUT2D eigenvalue weighted by molar-refractivity contribution is 8.01. The number of hydrogen-bond donors (Lipinski definition) is 4. The van der Waals surface area contributed by atoms with Gasteiger partial charge in [0.1, 0.15) is 46.0 Å². The largest absolute Gasteiger partial charge is 0.508 e. The van der Waals surface area contributed by atoms with E-state index in [2.05, 4.69) is 321 Å². The number of nitrogens with zero attached hydrogens (tertiary/aromatic N) is 8. The second-order valence-electron chi connectivity index (χ2n) is 35.4. The Kier molecular flexibility index (Phi) is 36.0. The number of ether oxygens (including phenoxy) is 4. The van der Waals surface area contributed by atoms with Crippen LogP contribution in [-0.2, 0) is 52.4 Å². The molecule has 0 radical (unpaired) electrons. The zero-order valence-electron chi connectivity index (χ0n) is 83.7. The minimum atomic E-state index is 0.336. The fourth-order valence-corrected chi connectivity index (χ4v) is 25.3. The van der Waals surface area contributed by atoms with Gasteiger partial charge in [-0.05, 0) is 256 Å². The first-order valence-corrected chi connectivity index (χ1v) is 56.3. The Balaban J connectivity index is 0.000000153. The molecule has 0 spiro atoms. The van der Waals surface area contributed by atoms with Crippen molar-refractivity contribution < 1.29 is 39.4 Å². The summed E-state index contributed by atoms with van der Waals surface area (Å²) in [6.45, 7) is 45.8. The van der Waals surface area contributed by atoms with E-state index < -0.39 is 0 Å². The quantitative estimate of drug-likeness (QED) is 0.0345. The predicted molar refractivity (Wildman–Crippen MR) is 589 cm³/mol. The first kappa shape index (κ1) is 104. The molecule has 0 fully saturated rings. The lowest BCUT2D eigenvalue weighted by atomic mass is 10.0. The summed E-state index contributed by atoms with van der Waals surface area (Å²) in [5.41, 5.74) is 33.2. The van der Waals surface area contributed by atoms with Crippen molar-refractivity contribution in [3.63, 3.8) is 0 Å². The Morgan fingerprint density at radius 3 is 0.824 bits per heavy atom. The Hall–Kier alpha value is -9.76. The minimum absolute atomic E-state index is 0.336.